The lowest BCUT2D eigenvalue weighted by Crippen LogP contribution is -2.14. The molecule has 1 rings (SSSR count). The third-order valence-electron chi connectivity index (χ3n) is 1.93. The lowest BCUT2D eigenvalue weighted by atomic mass is 10.2. The molecule has 6 heteroatoms. The van der Waals surface area contributed by atoms with Crippen LogP contribution in [0.5, 0.6) is 0 Å². The molecule has 0 unspecified atom stereocenters. The zero-order chi connectivity index (χ0) is 12.2. The molecule has 0 amide bonds. The van der Waals surface area contributed by atoms with Crippen LogP contribution in [0.1, 0.15) is 10.4 Å². The second kappa shape index (κ2) is 4.98. The number of anilines is 1. The van der Waals surface area contributed by atoms with Crippen LogP contribution >= 0.6 is 0 Å². The first-order chi connectivity index (χ1) is 7.38. The Hall–Kier alpha value is -1.56. The largest absolute Gasteiger partial charge is 0.478 e. The van der Waals surface area contributed by atoms with E-state index in [4.69, 9.17) is 5.11 Å². The predicted molar refractivity (Wildman–Crippen MR) is 61.6 cm³/mol. The molecule has 0 radical (unpaired) electrons. The fourth-order valence-corrected chi connectivity index (χ4v) is 1.58. The first-order valence-corrected chi connectivity index (χ1v) is 6.69. The quantitative estimate of drug-likeness (QED) is 0.800. The summed E-state index contributed by atoms with van der Waals surface area (Å²) < 4.78 is 21.7. The van der Waals surface area contributed by atoms with Gasteiger partial charge in [-0.3, -0.25) is 0 Å². The van der Waals surface area contributed by atoms with Gasteiger partial charge in [0.2, 0.25) is 0 Å². The number of aromatic carboxylic acids is 1. The van der Waals surface area contributed by atoms with Gasteiger partial charge in [0.15, 0.2) is 0 Å². The van der Waals surface area contributed by atoms with Gasteiger partial charge >= 0.3 is 5.97 Å². The summed E-state index contributed by atoms with van der Waals surface area (Å²) in [7, 11) is -2.97. The predicted octanol–water partition coefficient (Wildman–Crippen LogP) is 0.841. The van der Waals surface area contributed by atoms with Crippen LogP contribution in [0, 0.1) is 0 Å². The van der Waals surface area contributed by atoms with Crippen LogP contribution in [0.3, 0.4) is 0 Å². The van der Waals surface area contributed by atoms with E-state index in [2.05, 4.69) is 5.32 Å². The summed E-state index contributed by atoms with van der Waals surface area (Å²) in [4.78, 5) is 10.6. The minimum absolute atomic E-state index is 0.0493. The Labute approximate surface area is 94.0 Å². The molecule has 0 aliphatic rings. The summed E-state index contributed by atoms with van der Waals surface area (Å²) in [6.07, 6.45) is 1.17. The number of rotatable bonds is 5. The van der Waals surface area contributed by atoms with E-state index in [-0.39, 0.29) is 11.3 Å². The molecular formula is C10H13NO4S. The van der Waals surface area contributed by atoms with Gasteiger partial charge in [-0.05, 0) is 24.3 Å². The van der Waals surface area contributed by atoms with Crippen LogP contribution in [0.25, 0.3) is 0 Å². The summed E-state index contributed by atoms with van der Waals surface area (Å²) in [5.41, 5.74) is 0.905. The molecule has 16 heavy (non-hydrogen) atoms. The highest BCUT2D eigenvalue weighted by molar-refractivity contribution is 7.90. The molecule has 0 atom stereocenters. The molecule has 0 saturated heterocycles. The summed E-state index contributed by atoms with van der Waals surface area (Å²) in [5, 5.41) is 11.6. The fraction of sp³-hybridized carbons (Fsp3) is 0.300. The number of carbonyl (C=O) groups is 1. The van der Waals surface area contributed by atoms with Crippen molar-refractivity contribution in [3.05, 3.63) is 29.8 Å². The number of hydrogen-bond donors (Lipinski definition) is 2. The molecule has 1 aromatic rings. The van der Waals surface area contributed by atoms with Gasteiger partial charge in [0.25, 0.3) is 0 Å². The van der Waals surface area contributed by atoms with Gasteiger partial charge < -0.3 is 10.4 Å². The molecule has 0 bridgehead atoms. The second-order valence-corrected chi connectivity index (χ2v) is 5.70. The van der Waals surface area contributed by atoms with E-state index in [1.807, 2.05) is 0 Å². The van der Waals surface area contributed by atoms with Crippen molar-refractivity contribution in [3.63, 3.8) is 0 Å². The van der Waals surface area contributed by atoms with Gasteiger partial charge in [-0.15, -0.1) is 0 Å². The number of sulfone groups is 1. The van der Waals surface area contributed by atoms with E-state index < -0.39 is 15.8 Å². The lowest BCUT2D eigenvalue weighted by Gasteiger charge is -2.05. The van der Waals surface area contributed by atoms with Gasteiger partial charge in [0.1, 0.15) is 9.84 Å². The second-order valence-electron chi connectivity index (χ2n) is 3.44. The molecule has 0 aliphatic carbocycles. The van der Waals surface area contributed by atoms with Crippen molar-refractivity contribution in [1.82, 2.24) is 0 Å². The number of carboxylic acid groups (broad SMARTS) is 1. The summed E-state index contributed by atoms with van der Waals surface area (Å²) in [6, 6.07) is 6.13. The summed E-state index contributed by atoms with van der Waals surface area (Å²) >= 11 is 0. The zero-order valence-electron chi connectivity index (χ0n) is 8.80. The van der Waals surface area contributed by atoms with Crippen LogP contribution in [-0.4, -0.2) is 38.0 Å². The van der Waals surface area contributed by atoms with Crippen LogP contribution in [0.2, 0.25) is 0 Å². The maximum absolute atomic E-state index is 10.8. The molecule has 0 saturated carbocycles. The van der Waals surface area contributed by atoms with Gasteiger partial charge in [0.05, 0.1) is 11.3 Å². The Morgan fingerprint density at radius 3 is 2.31 bits per heavy atom. The third-order valence-corrected chi connectivity index (χ3v) is 2.88. The first kappa shape index (κ1) is 12.5. The first-order valence-electron chi connectivity index (χ1n) is 4.63. The molecular weight excluding hydrogens is 230 g/mol. The molecule has 0 aromatic heterocycles. The molecule has 88 valence electrons. The highest BCUT2D eigenvalue weighted by Gasteiger charge is 2.03. The molecule has 0 fully saturated rings. The maximum Gasteiger partial charge on any atom is 0.335 e. The van der Waals surface area contributed by atoms with Gasteiger partial charge in [-0.25, -0.2) is 13.2 Å². The number of benzene rings is 1. The monoisotopic (exact) mass is 243 g/mol. The molecule has 5 nitrogen and oxygen atoms in total. The Morgan fingerprint density at radius 1 is 1.31 bits per heavy atom. The number of carboxylic acids is 1. The average Bonchev–Trinajstić information content (AvgIpc) is 2.16. The van der Waals surface area contributed by atoms with Gasteiger partial charge in [-0.1, -0.05) is 0 Å². The Balaban J connectivity index is 2.53. The normalized spacial score (nSPS) is 11.1. The molecule has 2 N–H and O–H groups in total. The fourth-order valence-electron chi connectivity index (χ4n) is 1.11. The summed E-state index contributed by atoms with van der Waals surface area (Å²) in [6.45, 7) is 0.311. The minimum atomic E-state index is -2.97. The van der Waals surface area contributed by atoms with Crippen LogP contribution in [-0.2, 0) is 9.84 Å². The van der Waals surface area contributed by atoms with Crippen molar-refractivity contribution in [2.45, 2.75) is 0 Å². The Bertz CT molecular complexity index is 464. The van der Waals surface area contributed by atoms with Crippen LogP contribution < -0.4 is 5.32 Å². The third kappa shape index (κ3) is 4.31. The molecule has 0 spiro atoms. The van der Waals surface area contributed by atoms with Crippen LogP contribution in [0.4, 0.5) is 5.69 Å². The van der Waals surface area contributed by atoms with E-state index >= 15 is 0 Å². The van der Waals surface area contributed by atoms with E-state index in [0.29, 0.717) is 12.2 Å². The van der Waals surface area contributed by atoms with Crippen molar-refractivity contribution in [2.24, 2.45) is 0 Å². The smallest absolute Gasteiger partial charge is 0.335 e. The summed E-state index contributed by atoms with van der Waals surface area (Å²) in [5.74, 6) is -0.934. The topological polar surface area (TPSA) is 83.5 Å². The Morgan fingerprint density at radius 2 is 1.88 bits per heavy atom. The maximum atomic E-state index is 10.8. The van der Waals surface area contributed by atoms with Crippen molar-refractivity contribution >= 4 is 21.5 Å². The molecule has 0 aliphatic heterocycles. The standard InChI is InChI=1S/C10H13NO4S/c1-16(14,15)7-6-11-9-4-2-8(3-5-9)10(12)13/h2-5,11H,6-7H2,1H3,(H,12,13). The van der Waals surface area contributed by atoms with E-state index in [1.54, 1.807) is 12.1 Å². The SMILES string of the molecule is CS(=O)(=O)CCNc1ccc(C(=O)O)cc1. The highest BCUT2D eigenvalue weighted by atomic mass is 32.2. The zero-order valence-corrected chi connectivity index (χ0v) is 9.62. The molecule has 0 heterocycles. The van der Waals surface area contributed by atoms with Crippen molar-refractivity contribution in [2.75, 3.05) is 23.9 Å². The van der Waals surface area contributed by atoms with Crippen LogP contribution in [0.15, 0.2) is 24.3 Å². The highest BCUT2D eigenvalue weighted by Crippen LogP contribution is 2.09. The number of hydrogen-bond acceptors (Lipinski definition) is 4. The minimum Gasteiger partial charge on any atom is -0.478 e. The van der Waals surface area contributed by atoms with Gasteiger partial charge in [0, 0.05) is 18.5 Å². The van der Waals surface area contributed by atoms with E-state index in [1.165, 1.54) is 18.4 Å². The van der Waals surface area contributed by atoms with E-state index in [9.17, 15) is 13.2 Å². The molecule has 1 aromatic carbocycles. The van der Waals surface area contributed by atoms with E-state index in [0.717, 1.165) is 0 Å². The number of nitrogens with one attached hydrogen (secondary N) is 1. The van der Waals surface area contributed by atoms with Gasteiger partial charge in [-0.2, -0.15) is 0 Å². The van der Waals surface area contributed by atoms with Crippen molar-refractivity contribution in [1.29, 1.82) is 0 Å². The van der Waals surface area contributed by atoms with Crippen molar-refractivity contribution in [3.8, 4) is 0 Å². The lowest BCUT2D eigenvalue weighted by molar-refractivity contribution is 0.0697. The van der Waals surface area contributed by atoms with Crippen molar-refractivity contribution < 1.29 is 18.3 Å². The Kier molecular flexibility index (Phi) is 3.89. The average molecular weight is 243 g/mol.